The highest BCUT2D eigenvalue weighted by Gasteiger charge is 2.26. The Morgan fingerprint density at radius 1 is 1.14 bits per heavy atom. The first-order valence-corrected chi connectivity index (χ1v) is 8.37. The number of hydrogen-bond acceptors (Lipinski definition) is 7. The van der Waals surface area contributed by atoms with Crippen LogP contribution in [0.3, 0.4) is 0 Å². The van der Waals surface area contributed by atoms with Crippen molar-refractivity contribution in [2.75, 3.05) is 0 Å². The molecule has 3 aromatic rings. The molecule has 0 aliphatic carbocycles. The van der Waals surface area contributed by atoms with Crippen molar-refractivity contribution in [1.82, 2.24) is 19.7 Å². The van der Waals surface area contributed by atoms with E-state index in [2.05, 4.69) is 15.1 Å². The number of carboxylic acids is 1. The molecule has 0 unspecified atom stereocenters. The van der Waals surface area contributed by atoms with Gasteiger partial charge in [-0.25, -0.2) is 19.2 Å². The number of ether oxygens (including phenoxy) is 2. The lowest BCUT2D eigenvalue weighted by atomic mass is 10.1. The fraction of sp³-hybridized carbons (Fsp3) is 0.158. The summed E-state index contributed by atoms with van der Waals surface area (Å²) in [4.78, 5) is 19.5. The number of hydrogen-bond donors (Lipinski definition) is 2. The Morgan fingerprint density at radius 2 is 1.79 bits per heavy atom. The fourth-order valence-corrected chi connectivity index (χ4v) is 2.64. The molecule has 3 rings (SSSR count). The van der Waals surface area contributed by atoms with Gasteiger partial charge in [-0.3, -0.25) is 4.68 Å². The van der Waals surface area contributed by atoms with Crippen LogP contribution < -0.4 is 9.47 Å². The maximum Gasteiger partial charge on any atom is 0.341 e. The summed E-state index contributed by atoms with van der Waals surface area (Å²) >= 11 is 0. The fourth-order valence-electron chi connectivity index (χ4n) is 2.64. The van der Waals surface area contributed by atoms with Gasteiger partial charge in [0.15, 0.2) is 17.3 Å². The van der Waals surface area contributed by atoms with Gasteiger partial charge in [-0.2, -0.15) is 5.10 Å². The summed E-state index contributed by atoms with van der Waals surface area (Å²) in [6.07, 6.45) is 1.15. The molecule has 2 aromatic heterocycles. The quantitative estimate of drug-likeness (QED) is 0.476. The third-order valence-corrected chi connectivity index (χ3v) is 3.85. The molecular formula is C19H17FN4O5. The van der Waals surface area contributed by atoms with Crippen LogP contribution in [0.25, 0.3) is 5.57 Å². The van der Waals surface area contributed by atoms with Gasteiger partial charge < -0.3 is 19.7 Å². The van der Waals surface area contributed by atoms with Gasteiger partial charge in [0, 0.05) is 7.05 Å². The first-order chi connectivity index (χ1) is 13.8. The lowest BCUT2D eigenvalue weighted by molar-refractivity contribution is -0.130. The van der Waals surface area contributed by atoms with E-state index in [1.807, 2.05) is 0 Å². The first-order valence-electron chi connectivity index (χ1n) is 8.37. The lowest BCUT2D eigenvalue weighted by Crippen LogP contribution is -2.09. The van der Waals surface area contributed by atoms with Gasteiger partial charge in [-0.05, 0) is 26.0 Å². The van der Waals surface area contributed by atoms with Crippen LogP contribution >= 0.6 is 0 Å². The Labute approximate surface area is 164 Å². The van der Waals surface area contributed by atoms with Crippen molar-refractivity contribution in [3.63, 3.8) is 0 Å². The van der Waals surface area contributed by atoms with E-state index in [-0.39, 0.29) is 34.5 Å². The zero-order valence-corrected chi connectivity index (χ0v) is 15.8. The molecular weight excluding hydrogens is 383 g/mol. The van der Waals surface area contributed by atoms with Crippen LogP contribution in [0.1, 0.15) is 18.3 Å². The maximum atomic E-state index is 13.8. The van der Waals surface area contributed by atoms with Crippen LogP contribution in [-0.4, -0.2) is 35.9 Å². The van der Waals surface area contributed by atoms with Gasteiger partial charge >= 0.3 is 5.97 Å². The minimum atomic E-state index is -1.34. The van der Waals surface area contributed by atoms with E-state index in [1.54, 1.807) is 13.0 Å². The molecule has 0 radical (unpaired) electrons. The third kappa shape index (κ3) is 4.15. The van der Waals surface area contributed by atoms with Crippen LogP contribution in [0.5, 0.6) is 23.3 Å². The monoisotopic (exact) mass is 400 g/mol. The Hall–Kier alpha value is -3.95. The first kappa shape index (κ1) is 19.8. The van der Waals surface area contributed by atoms with E-state index in [0.29, 0.717) is 5.69 Å². The number of nitrogens with zero attached hydrogens (tertiary/aromatic N) is 4. The molecule has 0 spiro atoms. The smallest absolute Gasteiger partial charge is 0.341 e. The molecule has 0 bridgehead atoms. The van der Waals surface area contributed by atoms with E-state index >= 15 is 0 Å². The standard InChI is InChI=1S/C19H17FN4O5/c1-10-18(17(24(3)23-10)16(11(2)25)19(26)27)29-15-8-14(21-9-22-15)28-13-7-5-4-6-12(13)20/h4-9,25H,1-3H3,(H,26,27)/b16-11+. The molecule has 150 valence electrons. The number of rotatable bonds is 6. The lowest BCUT2D eigenvalue weighted by Gasteiger charge is -2.10. The SMILES string of the molecule is C/C(O)=C(\C(=O)O)c1c(Oc2cc(Oc3ccccc3F)ncn2)c(C)nn1C. The van der Waals surface area contributed by atoms with Crippen molar-refractivity contribution >= 4 is 11.5 Å². The Morgan fingerprint density at radius 3 is 2.41 bits per heavy atom. The number of halogens is 1. The van der Waals surface area contributed by atoms with Crippen molar-refractivity contribution in [3.8, 4) is 23.3 Å². The Bertz CT molecular complexity index is 1110. The number of aliphatic hydroxyl groups is 1. The minimum absolute atomic E-state index is 0.0176. The molecule has 1 aromatic carbocycles. The third-order valence-electron chi connectivity index (χ3n) is 3.85. The summed E-state index contributed by atoms with van der Waals surface area (Å²) in [7, 11) is 1.52. The zero-order chi connectivity index (χ0) is 21.1. The summed E-state index contributed by atoms with van der Waals surface area (Å²) in [5.74, 6) is -2.20. The summed E-state index contributed by atoms with van der Waals surface area (Å²) in [6.45, 7) is 2.86. The average molecular weight is 400 g/mol. The summed E-state index contributed by atoms with van der Waals surface area (Å²) in [6, 6.07) is 7.14. The zero-order valence-electron chi connectivity index (χ0n) is 15.8. The van der Waals surface area contributed by atoms with E-state index in [0.717, 1.165) is 6.33 Å². The van der Waals surface area contributed by atoms with Crippen molar-refractivity contribution < 1.29 is 28.9 Å². The Balaban J connectivity index is 1.97. The number of aliphatic hydroxyl groups excluding tert-OH is 1. The van der Waals surface area contributed by atoms with Crippen molar-refractivity contribution in [2.24, 2.45) is 7.05 Å². The molecule has 9 nitrogen and oxygen atoms in total. The molecule has 0 fully saturated rings. The van der Waals surface area contributed by atoms with Gasteiger partial charge in [0.2, 0.25) is 11.8 Å². The molecule has 29 heavy (non-hydrogen) atoms. The van der Waals surface area contributed by atoms with E-state index < -0.39 is 17.5 Å². The highest BCUT2D eigenvalue weighted by Crippen LogP contribution is 2.34. The second-order valence-electron chi connectivity index (χ2n) is 5.98. The van der Waals surface area contributed by atoms with Gasteiger partial charge in [-0.1, -0.05) is 12.1 Å². The number of benzene rings is 1. The number of para-hydroxylation sites is 1. The number of carbonyl (C=O) groups is 1. The second-order valence-corrected chi connectivity index (χ2v) is 5.98. The molecule has 0 amide bonds. The molecule has 0 atom stereocenters. The van der Waals surface area contributed by atoms with Gasteiger partial charge in [0.1, 0.15) is 29.0 Å². The topological polar surface area (TPSA) is 120 Å². The number of allylic oxidation sites excluding steroid dienone is 1. The van der Waals surface area contributed by atoms with Crippen LogP contribution in [0.4, 0.5) is 4.39 Å². The predicted octanol–water partition coefficient (Wildman–Crippen LogP) is 3.62. The van der Waals surface area contributed by atoms with Crippen LogP contribution in [0, 0.1) is 12.7 Å². The number of aromatic nitrogens is 4. The largest absolute Gasteiger partial charge is 0.512 e. The van der Waals surface area contributed by atoms with Crippen LogP contribution in [0.2, 0.25) is 0 Å². The van der Waals surface area contributed by atoms with Crippen molar-refractivity contribution in [2.45, 2.75) is 13.8 Å². The molecule has 0 aliphatic rings. The van der Waals surface area contributed by atoms with Crippen molar-refractivity contribution in [3.05, 3.63) is 59.6 Å². The maximum absolute atomic E-state index is 13.8. The molecule has 2 N–H and O–H groups in total. The molecule has 0 aliphatic heterocycles. The Kier molecular flexibility index (Phi) is 5.44. The number of carboxylic acid groups (broad SMARTS) is 1. The molecule has 0 saturated carbocycles. The number of aryl methyl sites for hydroxylation is 2. The van der Waals surface area contributed by atoms with Gasteiger partial charge in [-0.15, -0.1) is 0 Å². The van der Waals surface area contributed by atoms with Gasteiger partial charge in [0.25, 0.3) is 0 Å². The normalized spacial score (nSPS) is 11.7. The highest BCUT2D eigenvalue weighted by molar-refractivity contribution is 6.16. The highest BCUT2D eigenvalue weighted by atomic mass is 19.1. The second kappa shape index (κ2) is 7.97. The van der Waals surface area contributed by atoms with Crippen molar-refractivity contribution in [1.29, 1.82) is 0 Å². The summed E-state index contributed by atoms with van der Waals surface area (Å²) < 4.78 is 26.2. The van der Waals surface area contributed by atoms with E-state index in [4.69, 9.17) is 9.47 Å². The van der Waals surface area contributed by atoms with Gasteiger partial charge in [0.05, 0.1) is 6.07 Å². The predicted molar refractivity (Wildman–Crippen MR) is 99.4 cm³/mol. The van der Waals surface area contributed by atoms with Crippen LogP contribution in [0.15, 0.2) is 42.4 Å². The van der Waals surface area contributed by atoms with E-state index in [9.17, 15) is 19.4 Å². The molecule has 10 heteroatoms. The molecule has 2 heterocycles. The molecule has 0 saturated heterocycles. The number of aliphatic carboxylic acids is 1. The van der Waals surface area contributed by atoms with Crippen LogP contribution in [-0.2, 0) is 11.8 Å². The average Bonchev–Trinajstić information content (AvgIpc) is 2.91. The van der Waals surface area contributed by atoms with E-state index in [1.165, 1.54) is 42.9 Å². The minimum Gasteiger partial charge on any atom is -0.512 e. The summed E-state index contributed by atoms with van der Waals surface area (Å²) in [5, 5.41) is 23.4. The summed E-state index contributed by atoms with van der Waals surface area (Å²) in [5.41, 5.74) is 0.0721.